The Hall–Kier alpha value is -4.32. The van der Waals surface area contributed by atoms with Crippen LogP contribution in [-0.2, 0) is 0 Å². The molecule has 0 unspecified atom stereocenters. The van der Waals surface area contributed by atoms with Gasteiger partial charge in [-0.05, 0) is 46.8 Å². The van der Waals surface area contributed by atoms with E-state index in [1.54, 1.807) is 0 Å². The molecule has 2 heterocycles. The molecule has 36 heavy (non-hydrogen) atoms. The van der Waals surface area contributed by atoms with Crippen LogP contribution in [-0.4, -0.2) is 20.5 Å². The molecule has 5 aromatic rings. The van der Waals surface area contributed by atoms with E-state index in [0.717, 1.165) is 27.8 Å². The molecule has 0 aliphatic heterocycles. The van der Waals surface area contributed by atoms with Crippen molar-refractivity contribution in [2.24, 2.45) is 0 Å². The Bertz CT molecular complexity index is 1610. The number of para-hydroxylation sites is 2. The number of rotatable bonds is 4. The number of nitrogens with one attached hydrogen (secondary N) is 1. The zero-order valence-electron chi connectivity index (χ0n) is 21.1. The Labute approximate surface area is 210 Å². The lowest BCUT2D eigenvalue weighted by molar-refractivity contribution is 0.518. The molecule has 0 aliphatic rings. The van der Waals surface area contributed by atoms with Crippen LogP contribution in [0.15, 0.2) is 82.0 Å². The summed E-state index contributed by atoms with van der Waals surface area (Å²) in [5, 5.41) is 3.19. The van der Waals surface area contributed by atoms with Crippen LogP contribution in [0.1, 0.15) is 31.9 Å². The van der Waals surface area contributed by atoms with Gasteiger partial charge in [-0.25, -0.2) is 9.97 Å². The molecule has 0 amide bonds. The van der Waals surface area contributed by atoms with E-state index in [1.165, 1.54) is 0 Å². The molecule has 180 valence electrons. The van der Waals surface area contributed by atoms with Gasteiger partial charge < -0.3 is 9.73 Å². The van der Waals surface area contributed by atoms with Crippen molar-refractivity contribution in [2.75, 3.05) is 5.32 Å². The van der Waals surface area contributed by atoms with E-state index in [0.29, 0.717) is 22.7 Å². The lowest BCUT2D eigenvalue weighted by atomic mass is 9.99. The minimum Gasteiger partial charge on any atom is -0.424 e. The summed E-state index contributed by atoms with van der Waals surface area (Å²) < 4.78 is 6.28. The van der Waals surface area contributed by atoms with Gasteiger partial charge in [-0.1, -0.05) is 71.8 Å². The van der Waals surface area contributed by atoms with Crippen molar-refractivity contribution in [2.45, 2.75) is 40.2 Å². The van der Waals surface area contributed by atoms with Crippen LogP contribution in [0.2, 0.25) is 0 Å². The zero-order valence-corrected chi connectivity index (χ0v) is 21.1. The van der Waals surface area contributed by atoms with Crippen LogP contribution < -0.4 is 10.9 Å². The van der Waals surface area contributed by atoms with E-state index in [4.69, 9.17) is 14.4 Å². The molecule has 6 nitrogen and oxygen atoms in total. The molecule has 1 N–H and O–H groups in total. The van der Waals surface area contributed by atoms with E-state index in [9.17, 15) is 4.79 Å². The molecule has 2 aromatic heterocycles. The van der Waals surface area contributed by atoms with E-state index in [1.807, 2.05) is 107 Å². The van der Waals surface area contributed by atoms with Crippen LogP contribution in [0.3, 0.4) is 0 Å². The lowest BCUT2D eigenvalue weighted by Crippen LogP contribution is -2.28. The molecular formula is C30H28N4O2. The minimum absolute atomic E-state index is 0.164. The van der Waals surface area contributed by atoms with Crippen molar-refractivity contribution in [3.05, 3.63) is 94.3 Å². The van der Waals surface area contributed by atoms with Gasteiger partial charge in [-0.3, -0.25) is 4.79 Å². The molecule has 0 bridgehead atoms. The molecular weight excluding hydrogens is 448 g/mol. The van der Waals surface area contributed by atoms with Gasteiger partial charge in [0.1, 0.15) is 11.3 Å². The van der Waals surface area contributed by atoms with Crippen LogP contribution in [0.25, 0.3) is 44.9 Å². The van der Waals surface area contributed by atoms with E-state index in [-0.39, 0.29) is 17.1 Å². The van der Waals surface area contributed by atoms with Gasteiger partial charge in [0.05, 0.1) is 16.7 Å². The molecule has 0 spiro atoms. The van der Waals surface area contributed by atoms with Crippen molar-refractivity contribution >= 4 is 17.0 Å². The number of aromatic nitrogens is 3. The van der Waals surface area contributed by atoms with E-state index < -0.39 is 5.56 Å². The van der Waals surface area contributed by atoms with Gasteiger partial charge in [-0.15, -0.1) is 0 Å². The molecule has 3 aromatic carbocycles. The maximum absolute atomic E-state index is 13.7. The molecule has 0 atom stereocenters. The smallest absolute Gasteiger partial charge is 0.298 e. The van der Waals surface area contributed by atoms with Crippen molar-refractivity contribution in [3.8, 4) is 33.8 Å². The fourth-order valence-corrected chi connectivity index (χ4v) is 3.99. The first kappa shape index (κ1) is 23.4. The topological polar surface area (TPSA) is 80.9 Å². The second-order valence-electron chi connectivity index (χ2n) is 10.0. The number of aryl methyl sites for hydroxylation is 2. The normalized spacial score (nSPS) is 11.6. The predicted molar refractivity (Wildman–Crippen MR) is 145 cm³/mol. The second kappa shape index (κ2) is 9.04. The molecule has 0 fully saturated rings. The minimum atomic E-state index is -0.429. The van der Waals surface area contributed by atoms with Gasteiger partial charge in [0.15, 0.2) is 5.76 Å². The standard InChI is InChI=1S/C30H28N4O2/c1-18-10-14-20(15-11-18)25-26(32-23-9-7-6-8-22(23)31-25)24-27(21-16-12-19(2)13-17-21)36-29(33-28(24)35)34-30(3,4)5/h6-17H,1-5H3,(H,33,34,35). The Morgan fingerprint density at radius 2 is 1.22 bits per heavy atom. The first-order valence-electron chi connectivity index (χ1n) is 11.9. The van der Waals surface area contributed by atoms with Crippen LogP contribution in [0.4, 0.5) is 6.01 Å². The highest BCUT2D eigenvalue weighted by Crippen LogP contribution is 2.36. The highest BCUT2D eigenvalue weighted by Gasteiger charge is 2.25. The van der Waals surface area contributed by atoms with E-state index in [2.05, 4.69) is 10.3 Å². The monoisotopic (exact) mass is 476 g/mol. The number of fused-ring (bicyclic) bond motifs is 1. The largest absolute Gasteiger partial charge is 0.424 e. The molecule has 0 radical (unpaired) electrons. The molecule has 0 saturated heterocycles. The molecule has 6 heteroatoms. The first-order valence-corrected chi connectivity index (χ1v) is 11.9. The number of hydrogen-bond donors (Lipinski definition) is 1. The number of hydrogen-bond acceptors (Lipinski definition) is 6. The van der Waals surface area contributed by atoms with Crippen molar-refractivity contribution in [1.29, 1.82) is 0 Å². The Morgan fingerprint density at radius 1 is 0.694 bits per heavy atom. The van der Waals surface area contributed by atoms with Crippen LogP contribution in [0, 0.1) is 13.8 Å². The van der Waals surface area contributed by atoms with Crippen molar-refractivity contribution in [1.82, 2.24) is 15.0 Å². The summed E-state index contributed by atoms with van der Waals surface area (Å²) in [4.78, 5) is 27.8. The summed E-state index contributed by atoms with van der Waals surface area (Å²) in [6.07, 6.45) is 0. The summed E-state index contributed by atoms with van der Waals surface area (Å²) in [5.41, 5.74) is 5.86. The van der Waals surface area contributed by atoms with Crippen LogP contribution in [0.5, 0.6) is 0 Å². The highest BCUT2D eigenvalue weighted by atomic mass is 16.4. The lowest BCUT2D eigenvalue weighted by Gasteiger charge is -2.21. The van der Waals surface area contributed by atoms with Crippen molar-refractivity contribution < 1.29 is 4.42 Å². The van der Waals surface area contributed by atoms with Crippen LogP contribution >= 0.6 is 0 Å². The zero-order chi connectivity index (χ0) is 25.4. The fraction of sp³-hybridized carbons (Fsp3) is 0.200. The van der Waals surface area contributed by atoms with Gasteiger partial charge in [0.25, 0.3) is 11.6 Å². The average Bonchev–Trinajstić information content (AvgIpc) is 2.83. The van der Waals surface area contributed by atoms with Gasteiger partial charge in [-0.2, -0.15) is 4.98 Å². The molecule has 5 rings (SSSR count). The first-order chi connectivity index (χ1) is 17.2. The average molecular weight is 477 g/mol. The Balaban J connectivity index is 1.84. The summed E-state index contributed by atoms with van der Waals surface area (Å²) in [6.45, 7) is 10.0. The third-order valence-electron chi connectivity index (χ3n) is 5.77. The number of benzene rings is 3. The Kier molecular flexibility index (Phi) is 5.88. The molecule has 0 saturated carbocycles. The Morgan fingerprint density at radius 3 is 1.78 bits per heavy atom. The summed E-state index contributed by atoms with van der Waals surface area (Å²) in [6, 6.07) is 23.7. The van der Waals surface area contributed by atoms with Gasteiger partial charge >= 0.3 is 0 Å². The maximum Gasteiger partial charge on any atom is 0.298 e. The fourth-order valence-electron chi connectivity index (χ4n) is 3.99. The van der Waals surface area contributed by atoms with Gasteiger partial charge in [0, 0.05) is 16.7 Å². The number of anilines is 1. The summed E-state index contributed by atoms with van der Waals surface area (Å²) in [5.74, 6) is 0.402. The highest BCUT2D eigenvalue weighted by molar-refractivity contribution is 5.90. The van der Waals surface area contributed by atoms with Crippen molar-refractivity contribution in [3.63, 3.8) is 0 Å². The maximum atomic E-state index is 13.7. The third kappa shape index (κ3) is 4.75. The van der Waals surface area contributed by atoms with Gasteiger partial charge in [0.2, 0.25) is 0 Å². The number of nitrogens with zero attached hydrogens (tertiary/aromatic N) is 3. The SMILES string of the molecule is Cc1ccc(-c2nc3ccccc3nc2-c2c(-c3ccc(C)cc3)oc(NC(C)(C)C)nc2=O)cc1. The predicted octanol–water partition coefficient (Wildman–Crippen LogP) is 6.81. The quantitative estimate of drug-likeness (QED) is 0.307. The second-order valence-corrected chi connectivity index (χ2v) is 10.0. The summed E-state index contributed by atoms with van der Waals surface area (Å²) >= 11 is 0. The summed E-state index contributed by atoms with van der Waals surface area (Å²) in [7, 11) is 0. The third-order valence-corrected chi connectivity index (χ3v) is 5.77. The van der Waals surface area contributed by atoms with E-state index >= 15 is 0 Å². The molecule has 0 aliphatic carbocycles.